The number of carbonyl (C=O) groups excluding carboxylic acids is 1. The quantitative estimate of drug-likeness (QED) is 0.893. The molecule has 0 unspecified atom stereocenters. The Morgan fingerprint density at radius 2 is 2.00 bits per heavy atom. The summed E-state index contributed by atoms with van der Waals surface area (Å²) in [7, 11) is 0. The van der Waals surface area contributed by atoms with E-state index < -0.39 is 17.7 Å². The zero-order valence-corrected chi connectivity index (χ0v) is 11.7. The van der Waals surface area contributed by atoms with Gasteiger partial charge in [0.05, 0.1) is 17.1 Å². The molecular formula is C13H16ClNO4. The van der Waals surface area contributed by atoms with Gasteiger partial charge >= 0.3 is 12.1 Å². The summed E-state index contributed by atoms with van der Waals surface area (Å²) < 4.78 is 5.09. The molecule has 0 radical (unpaired) electrons. The molecule has 0 aromatic heterocycles. The van der Waals surface area contributed by atoms with E-state index in [1.165, 1.54) is 12.1 Å². The van der Waals surface area contributed by atoms with Crippen LogP contribution >= 0.6 is 11.6 Å². The van der Waals surface area contributed by atoms with Gasteiger partial charge in [-0.3, -0.25) is 10.1 Å². The monoisotopic (exact) mass is 285 g/mol. The molecule has 5 nitrogen and oxygen atoms in total. The van der Waals surface area contributed by atoms with Gasteiger partial charge in [-0.25, -0.2) is 4.79 Å². The molecule has 2 N–H and O–H groups in total. The van der Waals surface area contributed by atoms with Crippen LogP contribution in [-0.4, -0.2) is 22.8 Å². The molecule has 0 saturated carbocycles. The van der Waals surface area contributed by atoms with Gasteiger partial charge in [0.2, 0.25) is 0 Å². The predicted octanol–water partition coefficient (Wildman–Crippen LogP) is 3.31. The molecule has 1 rings (SSSR count). The van der Waals surface area contributed by atoms with E-state index >= 15 is 0 Å². The molecule has 0 aliphatic heterocycles. The second-order valence-corrected chi connectivity index (χ2v) is 5.42. The minimum absolute atomic E-state index is 0.139. The molecule has 0 spiro atoms. The van der Waals surface area contributed by atoms with E-state index in [-0.39, 0.29) is 6.42 Å². The van der Waals surface area contributed by atoms with Crippen LogP contribution in [0.25, 0.3) is 0 Å². The maximum Gasteiger partial charge on any atom is 0.412 e. The van der Waals surface area contributed by atoms with E-state index in [1.54, 1.807) is 26.8 Å². The Labute approximate surface area is 116 Å². The van der Waals surface area contributed by atoms with Crippen LogP contribution in [0.4, 0.5) is 10.5 Å². The first-order valence-electron chi connectivity index (χ1n) is 5.67. The molecule has 104 valence electrons. The molecule has 0 aliphatic carbocycles. The normalized spacial score (nSPS) is 10.9. The summed E-state index contributed by atoms with van der Waals surface area (Å²) in [5.41, 5.74) is 0.257. The van der Waals surface area contributed by atoms with Crippen LogP contribution in [0.5, 0.6) is 0 Å². The van der Waals surface area contributed by atoms with E-state index in [4.69, 9.17) is 21.4 Å². The summed E-state index contributed by atoms with van der Waals surface area (Å²) in [6.07, 6.45) is -0.776. The summed E-state index contributed by atoms with van der Waals surface area (Å²) >= 11 is 5.93. The minimum atomic E-state index is -0.953. The van der Waals surface area contributed by atoms with Crippen molar-refractivity contribution in [2.75, 3.05) is 5.32 Å². The van der Waals surface area contributed by atoms with Crippen LogP contribution in [0.1, 0.15) is 26.3 Å². The fourth-order valence-electron chi connectivity index (χ4n) is 1.37. The molecule has 1 aromatic carbocycles. The highest BCUT2D eigenvalue weighted by Gasteiger charge is 2.17. The van der Waals surface area contributed by atoms with E-state index in [0.29, 0.717) is 16.3 Å². The maximum absolute atomic E-state index is 11.6. The maximum atomic E-state index is 11.6. The van der Waals surface area contributed by atoms with Gasteiger partial charge in [0.25, 0.3) is 0 Å². The highest BCUT2D eigenvalue weighted by Crippen LogP contribution is 2.24. The van der Waals surface area contributed by atoms with Gasteiger partial charge in [-0.2, -0.15) is 0 Å². The van der Waals surface area contributed by atoms with Crippen LogP contribution in [0, 0.1) is 0 Å². The number of anilines is 1. The van der Waals surface area contributed by atoms with Crippen molar-refractivity contribution in [1.29, 1.82) is 0 Å². The van der Waals surface area contributed by atoms with Gasteiger partial charge < -0.3 is 9.84 Å². The number of amides is 1. The number of rotatable bonds is 3. The average Bonchev–Trinajstić information content (AvgIpc) is 2.19. The fourth-order valence-corrected chi connectivity index (χ4v) is 1.53. The van der Waals surface area contributed by atoms with Crippen molar-refractivity contribution < 1.29 is 19.4 Å². The number of ether oxygens (including phenoxy) is 1. The van der Waals surface area contributed by atoms with E-state index in [9.17, 15) is 9.59 Å². The lowest BCUT2D eigenvalue weighted by Crippen LogP contribution is -2.27. The lowest BCUT2D eigenvalue weighted by atomic mass is 10.1. The molecule has 0 atom stereocenters. The topological polar surface area (TPSA) is 75.6 Å². The van der Waals surface area contributed by atoms with Crippen molar-refractivity contribution >= 4 is 29.4 Å². The van der Waals surface area contributed by atoms with Crippen LogP contribution in [0.3, 0.4) is 0 Å². The van der Waals surface area contributed by atoms with Gasteiger partial charge in [-0.1, -0.05) is 17.7 Å². The molecule has 0 saturated heterocycles. The summed E-state index contributed by atoms with van der Waals surface area (Å²) in [4.78, 5) is 22.2. The third-order valence-corrected chi connectivity index (χ3v) is 2.35. The van der Waals surface area contributed by atoms with E-state index in [2.05, 4.69) is 5.32 Å². The lowest BCUT2D eigenvalue weighted by Gasteiger charge is -2.20. The van der Waals surface area contributed by atoms with Crippen LogP contribution in [-0.2, 0) is 16.0 Å². The summed E-state index contributed by atoms with van der Waals surface area (Å²) in [6, 6.07) is 4.64. The molecule has 6 heteroatoms. The fraction of sp³-hybridized carbons (Fsp3) is 0.385. The molecule has 19 heavy (non-hydrogen) atoms. The summed E-state index contributed by atoms with van der Waals surface area (Å²) in [5, 5.41) is 11.5. The standard InChI is InChI=1S/C13H16ClNO4/c1-13(2,3)19-12(18)15-10-6-8(7-11(16)17)4-5-9(10)14/h4-6H,7H2,1-3H3,(H,15,18)(H,16,17). The largest absolute Gasteiger partial charge is 0.481 e. The molecule has 0 bridgehead atoms. The highest BCUT2D eigenvalue weighted by molar-refractivity contribution is 6.33. The van der Waals surface area contributed by atoms with Crippen molar-refractivity contribution in [3.63, 3.8) is 0 Å². The van der Waals surface area contributed by atoms with Crippen LogP contribution in [0.2, 0.25) is 5.02 Å². The van der Waals surface area contributed by atoms with Crippen molar-refractivity contribution in [2.24, 2.45) is 0 Å². The minimum Gasteiger partial charge on any atom is -0.481 e. The Morgan fingerprint density at radius 3 is 2.53 bits per heavy atom. The number of halogens is 1. The Kier molecular flexibility index (Phi) is 4.78. The molecule has 0 aliphatic rings. The van der Waals surface area contributed by atoms with Gasteiger partial charge in [0.1, 0.15) is 5.60 Å². The Hall–Kier alpha value is -1.75. The van der Waals surface area contributed by atoms with Crippen molar-refractivity contribution in [3.05, 3.63) is 28.8 Å². The van der Waals surface area contributed by atoms with Gasteiger partial charge in [-0.05, 0) is 38.5 Å². The van der Waals surface area contributed by atoms with Crippen molar-refractivity contribution in [1.82, 2.24) is 0 Å². The number of aliphatic carboxylic acids is 1. The number of carboxylic acid groups (broad SMARTS) is 1. The van der Waals surface area contributed by atoms with Gasteiger partial charge in [0, 0.05) is 0 Å². The molecule has 0 fully saturated rings. The van der Waals surface area contributed by atoms with Crippen molar-refractivity contribution in [3.8, 4) is 0 Å². The van der Waals surface area contributed by atoms with Gasteiger partial charge in [0.15, 0.2) is 0 Å². The summed E-state index contributed by atoms with van der Waals surface area (Å²) in [5.74, 6) is -0.953. The molecule has 1 aromatic rings. The van der Waals surface area contributed by atoms with Gasteiger partial charge in [-0.15, -0.1) is 0 Å². The predicted molar refractivity (Wildman–Crippen MR) is 72.6 cm³/mol. The zero-order valence-electron chi connectivity index (χ0n) is 11.0. The third-order valence-electron chi connectivity index (χ3n) is 2.02. The van der Waals surface area contributed by atoms with Crippen molar-refractivity contribution in [2.45, 2.75) is 32.8 Å². The van der Waals surface area contributed by atoms with Crippen LogP contribution < -0.4 is 5.32 Å². The third kappa shape index (κ3) is 5.61. The summed E-state index contributed by atoms with van der Waals surface area (Å²) in [6.45, 7) is 5.24. The number of nitrogens with one attached hydrogen (secondary N) is 1. The number of hydrogen-bond donors (Lipinski definition) is 2. The van der Waals surface area contributed by atoms with E-state index in [0.717, 1.165) is 0 Å². The second-order valence-electron chi connectivity index (χ2n) is 5.01. The zero-order chi connectivity index (χ0) is 14.6. The first-order chi connectivity index (χ1) is 8.67. The number of carbonyl (C=O) groups is 2. The molecular weight excluding hydrogens is 270 g/mol. The molecule has 1 amide bonds. The lowest BCUT2D eigenvalue weighted by molar-refractivity contribution is -0.136. The Morgan fingerprint density at radius 1 is 1.37 bits per heavy atom. The first kappa shape index (κ1) is 15.3. The average molecular weight is 286 g/mol. The second kappa shape index (κ2) is 5.93. The first-order valence-corrected chi connectivity index (χ1v) is 6.05. The number of carboxylic acids is 1. The van der Waals surface area contributed by atoms with Crippen LogP contribution in [0.15, 0.2) is 18.2 Å². The molecule has 0 heterocycles. The number of hydrogen-bond acceptors (Lipinski definition) is 3. The number of benzene rings is 1. The highest BCUT2D eigenvalue weighted by atomic mass is 35.5. The Balaban J connectivity index is 2.82. The van der Waals surface area contributed by atoms with E-state index in [1.807, 2.05) is 0 Å². The SMILES string of the molecule is CC(C)(C)OC(=O)Nc1cc(CC(=O)O)ccc1Cl. The smallest absolute Gasteiger partial charge is 0.412 e. The Bertz CT molecular complexity index is 494.